The molecule has 1 N–H and O–H groups in total. The normalized spacial score (nSPS) is 14.9. The Morgan fingerprint density at radius 2 is 1.80 bits per heavy atom. The highest BCUT2D eigenvalue weighted by molar-refractivity contribution is 5.91. The molecule has 1 amide bonds. The van der Waals surface area contributed by atoms with E-state index >= 15 is 0 Å². The number of carbonyl (C=O) groups excluding carboxylic acids is 1. The summed E-state index contributed by atoms with van der Waals surface area (Å²) < 4.78 is 5.29. The SMILES string of the molecule is O=C(CCc1nc(-c2ccncc2)no1)Nc1ccccc1CN1CCCCCC1. The van der Waals surface area contributed by atoms with Crippen molar-refractivity contribution in [2.24, 2.45) is 0 Å². The molecule has 3 heterocycles. The van der Waals surface area contributed by atoms with E-state index in [9.17, 15) is 4.79 Å². The van der Waals surface area contributed by atoms with Gasteiger partial charge in [0.25, 0.3) is 0 Å². The van der Waals surface area contributed by atoms with Crippen LogP contribution >= 0.6 is 0 Å². The number of rotatable bonds is 7. The number of amides is 1. The van der Waals surface area contributed by atoms with Crippen LogP contribution in [0.15, 0.2) is 53.3 Å². The lowest BCUT2D eigenvalue weighted by molar-refractivity contribution is -0.116. The zero-order valence-electron chi connectivity index (χ0n) is 17.1. The molecule has 2 aromatic heterocycles. The molecular weight excluding hydrogens is 378 g/mol. The van der Waals surface area contributed by atoms with Crippen LogP contribution in [0.3, 0.4) is 0 Å². The van der Waals surface area contributed by atoms with Crippen LogP contribution in [0.2, 0.25) is 0 Å². The molecule has 1 aliphatic heterocycles. The Hall–Kier alpha value is -3.06. The third-order valence-corrected chi connectivity index (χ3v) is 5.36. The number of nitrogens with one attached hydrogen (secondary N) is 1. The predicted molar refractivity (Wildman–Crippen MR) is 115 cm³/mol. The minimum absolute atomic E-state index is 0.0537. The largest absolute Gasteiger partial charge is 0.339 e. The highest BCUT2D eigenvalue weighted by atomic mass is 16.5. The maximum absolute atomic E-state index is 12.5. The van der Waals surface area contributed by atoms with Crippen molar-refractivity contribution in [3.8, 4) is 11.4 Å². The van der Waals surface area contributed by atoms with Gasteiger partial charge in [0.2, 0.25) is 17.6 Å². The maximum Gasteiger partial charge on any atom is 0.227 e. The van der Waals surface area contributed by atoms with Crippen molar-refractivity contribution in [3.05, 3.63) is 60.2 Å². The van der Waals surface area contributed by atoms with Gasteiger partial charge in [0, 0.05) is 43.0 Å². The topological polar surface area (TPSA) is 84.1 Å². The van der Waals surface area contributed by atoms with E-state index < -0.39 is 0 Å². The molecule has 0 aliphatic carbocycles. The molecule has 0 atom stereocenters. The Labute approximate surface area is 176 Å². The summed E-state index contributed by atoms with van der Waals surface area (Å²) in [6, 6.07) is 11.7. The highest BCUT2D eigenvalue weighted by Crippen LogP contribution is 2.20. The molecule has 1 fully saturated rings. The van der Waals surface area contributed by atoms with E-state index in [-0.39, 0.29) is 12.3 Å². The first-order valence-corrected chi connectivity index (χ1v) is 10.6. The van der Waals surface area contributed by atoms with Crippen molar-refractivity contribution < 1.29 is 9.32 Å². The molecule has 1 saturated heterocycles. The van der Waals surface area contributed by atoms with E-state index in [0.717, 1.165) is 36.4 Å². The number of hydrogen-bond acceptors (Lipinski definition) is 6. The number of para-hydroxylation sites is 1. The van der Waals surface area contributed by atoms with Gasteiger partial charge in [0.1, 0.15) is 0 Å². The van der Waals surface area contributed by atoms with Crippen molar-refractivity contribution in [3.63, 3.8) is 0 Å². The molecule has 1 aliphatic rings. The van der Waals surface area contributed by atoms with Crippen LogP contribution in [-0.2, 0) is 17.8 Å². The molecule has 1 aromatic carbocycles. The second-order valence-electron chi connectivity index (χ2n) is 7.64. The molecule has 0 bridgehead atoms. The van der Waals surface area contributed by atoms with Crippen LogP contribution in [0, 0.1) is 0 Å². The van der Waals surface area contributed by atoms with Gasteiger partial charge in [-0.25, -0.2) is 0 Å². The standard InChI is InChI=1S/C23H27N5O2/c29-21(9-10-22-26-23(27-30-22)18-11-13-24-14-12-18)25-20-8-4-3-7-19(20)17-28-15-5-1-2-6-16-28/h3-4,7-8,11-14H,1-2,5-6,9-10,15-17H2,(H,25,29). The number of likely N-dealkylation sites (tertiary alicyclic amines) is 1. The van der Waals surface area contributed by atoms with Gasteiger partial charge in [-0.1, -0.05) is 36.2 Å². The Balaban J connectivity index is 1.33. The van der Waals surface area contributed by atoms with Gasteiger partial charge in [-0.3, -0.25) is 14.7 Å². The zero-order chi connectivity index (χ0) is 20.6. The maximum atomic E-state index is 12.5. The molecule has 0 radical (unpaired) electrons. The van der Waals surface area contributed by atoms with Crippen molar-refractivity contribution >= 4 is 11.6 Å². The monoisotopic (exact) mass is 405 g/mol. The average molecular weight is 406 g/mol. The fourth-order valence-corrected chi connectivity index (χ4v) is 3.72. The van der Waals surface area contributed by atoms with Gasteiger partial charge >= 0.3 is 0 Å². The van der Waals surface area contributed by atoms with E-state index in [1.165, 1.54) is 25.7 Å². The number of aryl methyl sites for hydroxylation is 1. The van der Waals surface area contributed by atoms with Crippen LogP contribution in [0.25, 0.3) is 11.4 Å². The fourth-order valence-electron chi connectivity index (χ4n) is 3.72. The van der Waals surface area contributed by atoms with Crippen molar-refractivity contribution in [1.29, 1.82) is 0 Å². The van der Waals surface area contributed by atoms with E-state index in [0.29, 0.717) is 18.1 Å². The van der Waals surface area contributed by atoms with E-state index in [4.69, 9.17) is 4.52 Å². The number of nitrogens with zero attached hydrogens (tertiary/aromatic N) is 4. The lowest BCUT2D eigenvalue weighted by Crippen LogP contribution is -2.25. The molecule has 4 rings (SSSR count). The lowest BCUT2D eigenvalue weighted by atomic mass is 10.1. The smallest absolute Gasteiger partial charge is 0.227 e. The van der Waals surface area contributed by atoms with E-state index in [1.807, 2.05) is 30.3 Å². The molecule has 7 heteroatoms. The van der Waals surface area contributed by atoms with Crippen LogP contribution in [0.1, 0.15) is 43.6 Å². The molecular formula is C23H27N5O2. The van der Waals surface area contributed by atoms with Crippen LogP contribution < -0.4 is 5.32 Å². The predicted octanol–water partition coefficient (Wildman–Crippen LogP) is 4.08. The van der Waals surface area contributed by atoms with Crippen molar-refractivity contribution in [2.75, 3.05) is 18.4 Å². The molecule has 30 heavy (non-hydrogen) atoms. The van der Waals surface area contributed by atoms with Gasteiger partial charge in [-0.2, -0.15) is 4.98 Å². The van der Waals surface area contributed by atoms with Gasteiger partial charge in [0.15, 0.2) is 0 Å². The second kappa shape index (κ2) is 10.1. The van der Waals surface area contributed by atoms with Crippen LogP contribution in [0.4, 0.5) is 5.69 Å². The first-order valence-electron chi connectivity index (χ1n) is 10.6. The minimum Gasteiger partial charge on any atom is -0.339 e. The summed E-state index contributed by atoms with van der Waals surface area (Å²) >= 11 is 0. The molecule has 7 nitrogen and oxygen atoms in total. The molecule has 0 unspecified atom stereocenters. The minimum atomic E-state index is -0.0537. The summed E-state index contributed by atoms with van der Waals surface area (Å²) in [7, 11) is 0. The summed E-state index contributed by atoms with van der Waals surface area (Å²) in [6.45, 7) is 3.12. The third kappa shape index (κ3) is 5.51. The van der Waals surface area contributed by atoms with Crippen molar-refractivity contribution in [1.82, 2.24) is 20.0 Å². The Morgan fingerprint density at radius 3 is 2.60 bits per heavy atom. The summed E-state index contributed by atoms with van der Waals surface area (Å²) in [5.41, 5.74) is 2.88. The van der Waals surface area contributed by atoms with E-state index in [1.54, 1.807) is 12.4 Å². The summed E-state index contributed by atoms with van der Waals surface area (Å²) in [5.74, 6) is 0.910. The number of pyridine rings is 1. The third-order valence-electron chi connectivity index (χ3n) is 5.36. The molecule has 0 spiro atoms. The lowest BCUT2D eigenvalue weighted by Gasteiger charge is -2.21. The highest BCUT2D eigenvalue weighted by Gasteiger charge is 2.14. The van der Waals surface area contributed by atoms with Crippen molar-refractivity contribution in [2.45, 2.75) is 45.1 Å². The van der Waals surface area contributed by atoms with Gasteiger partial charge < -0.3 is 9.84 Å². The molecule has 156 valence electrons. The number of hydrogen-bond donors (Lipinski definition) is 1. The average Bonchev–Trinajstić information content (AvgIpc) is 3.11. The Morgan fingerprint density at radius 1 is 1.03 bits per heavy atom. The summed E-state index contributed by atoms with van der Waals surface area (Å²) in [4.78, 5) is 23.4. The Kier molecular flexibility index (Phi) is 6.82. The van der Waals surface area contributed by atoms with E-state index in [2.05, 4.69) is 31.4 Å². The summed E-state index contributed by atoms with van der Waals surface area (Å²) in [6.07, 6.45) is 9.18. The van der Waals surface area contributed by atoms with Crippen LogP contribution in [0.5, 0.6) is 0 Å². The summed E-state index contributed by atoms with van der Waals surface area (Å²) in [5, 5.41) is 7.04. The second-order valence-corrected chi connectivity index (χ2v) is 7.64. The first-order chi connectivity index (χ1) is 14.8. The zero-order valence-corrected chi connectivity index (χ0v) is 17.1. The number of benzene rings is 1. The number of anilines is 1. The first kappa shape index (κ1) is 20.2. The fraction of sp³-hybridized carbons (Fsp3) is 0.391. The molecule has 3 aromatic rings. The van der Waals surface area contributed by atoms with Crippen LogP contribution in [-0.4, -0.2) is 39.0 Å². The Bertz CT molecular complexity index is 949. The molecule has 0 saturated carbocycles. The number of carbonyl (C=O) groups is 1. The van der Waals surface area contributed by atoms with Gasteiger partial charge in [0.05, 0.1) is 0 Å². The number of aromatic nitrogens is 3. The van der Waals surface area contributed by atoms with Gasteiger partial charge in [-0.05, 0) is 49.7 Å². The van der Waals surface area contributed by atoms with Gasteiger partial charge in [-0.15, -0.1) is 0 Å². The quantitative estimate of drug-likeness (QED) is 0.638.